The Hall–Kier alpha value is -2.53. The number of amides is 1. The highest BCUT2D eigenvalue weighted by molar-refractivity contribution is 5.92. The highest BCUT2D eigenvalue weighted by Gasteiger charge is 2.12. The van der Waals surface area contributed by atoms with Gasteiger partial charge in [-0.05, 0) is 23.8 Å². The van der Waals surface area contributed by atoms with Gasteiger partial charge in [0.25, 0.3) is 0 Å². The van der Waals surface area contributed by atoms with Crippen LogP contribution in [0.1, 0.15) is 17.2 Å². The number of benzene rings is 2. The lowest BCUT2D eigenvalue weighted by molar-refractivity contribution is -0.117. The fourth-order valence-electron chi connectivity index (χ4n) is 1.97. The van der Waals surface area contributed by atoms with Crippen molar-refractivity contribution in [1.82, 2.24) is 5.32 Å². The molecule has 2 aromatic carbocycles. The molecule has 0 aliphatic carbocycles. The van der Waals surface area contributed by atoms with Gasteiger partial charge in [0.1, 0.15) is 11.6 Å². The van der Waals surface area contributed by atoms with Crippen LogP contribution in [0.25, 0.3) is 6.08 Å². The van der Waals surface area contributed by atoms with Crippen LogP contribution in [0.5, 0.6) is 0 Å². The second-order valence-corrected chi connectivity index (χ2v) is 4.62. The van der Waals surface area contributed by atoms with Gasteiger partial charge in [0, 0.05) is 11.6 Å². The third-order valence-electron chi connectivity index (χ3n) is 3.10. The van der Waals surface area contributed by atoms with Gasteiger partial charge in [-0.2, -0.15) is 0 Å². The normalized spacial score (nSPS) is 12.3. The Labute approximate surface area is 126 Å². The molecular weight excluding hydrogens is 288 g/mol. The minimum Gasteiger partial charge on any atom is -0.394 e. The van der Waals surface area contributed by atoms with Crippen molar-refractivity contribution < 1.29 is 18.7 Å². The van der Waals surface area contributed by atoms with Crippen molar-refractivity contribution in [3.05, 3.63) is 77.4 Å². The van der Waals surface area contributed by atoms with E-state index in [1.54, 1.807) is 24.3 Å². The first-order valence-corrected chi connectivity index (χ1v) is 6.70. The average molecular weight is 303 g/mol. The van der Waals surface area contributed by atoms with Crippen molar-refractivity contribution in [2.75, 3.05) is 6.61 Å². The molecular formula is C17H15F2NO2. The number of hydrogen-bond donors (Lipinski definition) is 2. The van der Waals surface area contributed by atoms with Gasteiger partial charge in [-0.25, -0.2) is 8.78 Å². The first-order valence-electron chi connectivity index (χ1n) is 6.70. The van der Waals surface area contributed by atoms with Crippen LogP contribution in [0.3, 0.4) is 0 Å². The number of carbonyl (C=O) groups is 1. The summed E-state index contributed by atoms with van der Waals surface area (Å²) < 4.78 is 26.9. The maximum Gasteiger partial charge on any atom is 0.244 e. The molecule has 1 atom stereocenters. The fourth-order valence-corrected chi connectivity index (χ4v) is 1.97. The molecule has 1 unspecified atom stereocenters. The zero-order chi connectivity index (χ0) is 15.9. The molecule has 0 spiro atoms. The van der Waals surface area contributed by atoms with Gasteiger partial charge >= 0.3 is 0 Å². The quantitative estimate of drug-likeness (QED) is 0.835. The number of rotatable bonds is 5. The van der Waals surface area contributed by atoms with Gasteiger partial charge in [-0.3, -0.25) is 4.79 Å². The summed E-state index contributed by atoms with van der Waals surface area (Å²) in [4.78, 5) is 11.8. The highest BCUT2D eigenvalue weighted by atomic mass is 19.1. The molecule has 0 aliphatic rings. The Kier molecular flexibility index (Phi) is 5.38. The zero-order valence-electron chi connectivity index (χ0n) is 11.7. The van der Waals surface area contributed by atoms with Gasteiger partial charge < -0.3 is 10.4 Å². The molecule has 0 bridgehead atoms. The Balaban J connectivity index is 2.07. The van der Waals surface area contributed by atoms with Crippen molar-refractivity contribution >= 4 is 12.0 Å². The first-order chi connectivity index (χ1) is 10.6. The van der Waals surface area contributed by atoms with Crippen LogP contribution in [0.4, 0.5) is 8.78 Å². The summed E-state index contributed by atoms with van der Waals surface area (Å²) in [5.41, 5.74) is 0.460. The Morgan fingerprint density at radius 1 is 1.09 bits per heavy atom. The van der Waals surface area contributed by atoms with E-state index in [1.807, 2.05) is 6.07 Å². The number of hydrogen-bond acceptors (Lipinski definition) is 2. The van der Waals surface area contributed by atoms with E-state index in [0.29, 0.717) is 0 Å². The smallest absolute Gasteiger partial charge is 0.244 e. The minimum absolute atomic E-state index is 0.280. The van der Waals surface area contributed by atoms with E-state index < -0.39 is 23.6 Å². The molecule has 1 amide bonds. The summed E-state index contributed by atoms with van der Waals surface area (Å²) in [6, 6.07) is 11.8. The molecule has 0 saturated heterocycles. The predicted molar refractivity (Wildman–Crippen MR) is 79.8 cm³/mol. The molecule has 2 N–H and O–H groups in total. The molecule has 0 aliphatic heterocycles. The molecule has 0 saturated carbocycles. The van der Waals surface area contributed by atoms with E-state index in [2.05, 4.69) is 5.32 Å². The number of nitrogens with one attached hydrogen (secondary N) is 1. The Morgan fingerprint density at radius 3 is 2.32 bits per heavy atom. The van der Waals surface area contributed by atoms with Crippen LogP contribution in [-0.2, 0) is 4.79 Å². The Bertz CT molecular complexity index is 651. The molecule has 5 heteroatoms. The molecule has 0 heterocycles. The molecule has 0 fully saturated rings. The van der Waals surface area contributed by atoms with E-state index in [0.717, 1.165) is 29.8 Å². The number of aliphatic hydroxyl groups is 1. The van der Waals surface area contributed by atoms with Crippen molar-refractivity contribution in [1.29, 1.82) is 0 Å². The van der Waals surface area contributed by atoms with E-state index in [1.165, 1.54) is 6.07 Å². The van der Waals surface area contributed by atoms with E-state index in [-0.39, 0.29) is 12.2 Å². The summed E-state index contributed by atoms with van der Waals surface area (Å²) >= 11 is 0. The lowest BCUT2D eigenvalue weighted by atomic mass is 10.1. The molecule has 0 aromatic heterocycles. The van der Waals surface area contributed by atoms with Gasteiger partial charge in [0.2, 0.25) is 5.91 Å². The van der Waals surface area contributed by atoms with Crippen LogP contribution in [0, 0.1) is 11.6 Å². The number of halogens is 2. The third kappa shape index (κ3) is 3.99. The molecule has 0 radical (unpaired) electrons. The van der Waals surface area contributed by atoms with E-state index in [4.69, 9.17) is 0 Å². The van der Waals surface area contributed by atoms with Crippen molar-refractivity contribution in [2.24, 2.45) is 0 Å². The van der Waals surface area contributed by atoms with Crippen molar-refractivity contribution in [3.8, 4) is 0 Å². The lowest BCUT2D eigenvalue weighted by Gasteiger charge is -2.15. The fraction of sp³-hybridized carbons (Fsp3) is 0.118. The van der Waals surface area contributed by atoms with Crippen LogP contribution in [-0.4, -0.2) is 17.6 Å². The largest absolute Gasteiger partial charge is 0.394 e. The SMILES string of the molecule is O=C(/C=C/c1c(F)cccc1F)NC(CO)c1ccccc1. The topological polar surface area (TPSA) is 49.3 Å². The Morgan fingerprint density at radius 2 is 1.73 bits per heavy atom. The second kappa shape index (κ2) is 7.47. The predicted octanol–water partition coefficient (Wildman–Crippen LogP) is 2.83. The minimum atomic E-state index is -0.745. The standard InChI is InChI=1S/C17H15F2NO2/c18-14-7-4-8-15(19)13(14)9-10-17(22)20-16(11-21)12-5-2-1-3-6-12/h1-10,16,21H,11H2,(H,20,22)/b10-9+. The third-order valence-corrected chi connectivity index (χ3v) is 3.10. The highest BCUT2D eigenvalue weighted by Crippen LogP contribution is 2.14. The number of aliphatic hydroxyl groups excluding tert-OH is 1. The molecule has 114 valence electrons. The van der Waals surface area contributed by atoms with Gasteiger partial charge in [-0.1, -0.05) is 36.4 Å². The van der Waals surface area contributed by atoms with Crippen molar-refractivity contribution in [3.63, 3.8) is 0 Å². The van der Waals surface area contributed by atoms with Crippen LogP contribution in [0.2, 0.25) is 0 Å². The lowest BCUT2D eigenvalue weighted by Crippen LogP contribution is -2.29. The second-order valence-electron chi connectivity index (χ2n) is 4.62. The molecule has 2 aromatic rings. The average Bonchev–Trinajstić information content (AvgIpc) is 2.53. The summed E-state index contributed by atoms with van der Waals surface area (Å²) in [7, 11) is 0. The van der Waals surface area contributed by atoms with Crippen LogP contribution >= 0.6 is 0 Å². The summed E-state index contributed by atoms with van der Waals surface area (Å²) in [5, 5.41) is 11.9. The molecule has 22 heavy (non-hydrogen) atoms. The number of carbonyl (C=O) groups excluding carboxylic acids is 1. The molecule has 2 rings (SSSR count). The van der Waals surface area contributed by atoms with Crippen LogP contribution < -0.4 is 5.32 Å². The monoisotopic (exact) mass is 303 g/mol. The molecule has 3 nitrogen and oxygen atoms in total. The van der Waals surface area contributed by atoms with Gasteiger partial charge in [-0.15, -0.1) is 0 Å². The maximum atomic E-state index is 13.4. The van der Waals surface area contributed by atoms with Crippen LogP contribution in [0.15, 0.2) is 54.6 Å². The summed E-state index contributed by atoms with van der Waals surface area (Å²) in [6.07, 6.45) is 2.10. The zero-order valence-corrected chi connectivity index (χ0v) is 11.7. The van der Waals surface area contributed by atoms with Gasteiger partial charge in [0.05, 0.1) is 12.6 Å². The summed E-state index contributed by atoms with van der Waals surface area (Å²) in [5.74, 6) is -2.04. The first kappa shape index (κ1) is 15.9. The van der Waals surface area contributed by atoms with Crippen molar-refractivity contribution in [2.45, 2.75) is 6.04 Å². The van der Waals surface area contributed by atoms with Gasteiger partial charge in [0.15, 0.2) is 0 Å². The van der Waals surface area contributed by atoms with E-state index in [9.17, 15) is 18.7 Å². The maximum absolute atomic E-state index is 13.4. The summed E-state index contributed by atoms with van der Waals surface area (Å²) in [6.45, 7) is -0.280. The van der Waals surface area contributed by atoms with E-state index >= 15 is 0 Å².